The second-order valence-electron chi connectivity index (χ2n) is 8.70. The van der Waals surface area contributed by atoms with Crippen LogP contribution in [0.15, 0.2) is 36.4 Å². The summed E-state index contributed by atoms with van der Waals surface area (Å²) in [4.78, 5) is 22.2. The topological polar surface area (TPSA) is 93.1 Å². The Hall–Kier alpha value is -2.53. The summed E-state index contributed by atoms with van der Waals surface area (Å²) in [7, 11) is 0. The molecule has 0 amide bonds. The molecule has 33 heavy (non-hydrogen) atoms. The summed E-state index contributed by atoms with van der Waals surface area (Å²) in [6.07, 6.45) is -0.0593. The number of hydrogen-bond donors (Lipinski definition) is 2. The molecule has 2 rings (SSSR count). The van der Waals surface area contributed by atoms with Crippen molar-refractivity contribution in [1.29, 1.82) is 0 Å². The minimum atomic E-state index is -0.946. The zero-order chi connectivity index (χ0) is 24.6. The Morgan fingerprint density at radius 3 is 1.15 bits per heavy atom. The fourth-order valence-electron chi connectivity index (χ4n) is 3.09. The average Bonchev–Trinajstić information content (AvgIpc) is 2.67. The van der Waals surface area contributed by atoms with Gasteiger partial charge in [0.2, 0.25) is 0 Å². The van der Waals surface area contributed by atoms with Gasteiger partial charge in [0.05, 0.1) is 12.2 Å². The molecule has 0 heterocycles. The molecular formula is C26H36NiO6. The first kappa shape index (κ1) is 30.5. The van der Waals surface area contributed by atoms with Crippen molar-refractivity contribution in [2.24, 2.45) is 0 Å². The van der Waals surface area contributed by atoms with Crippen molar-refractivity contribution in [2.75, 3.05) is 0 Å². The standard InChI is InChI=1S/2C13H18O3.Ni/c2*1-8(2)10-6-5-7-11(13(14)15)12(10)16-9(3)4;/h2*5-9H,1-4H3,(H,14,15);. The molecule has 0 aliphatic carbocycles. The van der Waals surface area contributed by atoms with E-state index in [0.29, 0.717) is 11.5 Å². The summed E-state index contributed by atoms with van der Waals surface area (Å²) >= 11 is 0. The second kappa shape index (κ2) is 13.9. The van der Waals surface area contributed by atoms with Crippen molar-refractivity contribution in [3.63, 3.8) is 0 Å². The summed E-state index contributed by atoms with van der Waals surface area (Å²) in [5, 5.41) is 18.2. The van der Waals surface area contributed by atoms with E-state index in [2.05, 4.69) is 0 Å². The first-order valence-corrected chi connectivity index (χ1v) is 10.9. The van der Waals surface area contributed by atoms with Gasteiger partial charge in [-0.3, -0.25) is 0 Å². The normalized spacial score (nSPS) is 10.5. The molecular weight excluding hydrogens is 467 g/mol. The van der Waals surface area contributed by atoms with E-state index in [4.69, 9.17) is 19.7 Å². The zero-order valence-electron chi connectivity index (χ0n) is 20.6. The number of carboxylic acids is 2. The van der Waals surface area contributed by atoms with Gasteiger partial charge in [-0.2, -0.15) is 0 Å². The molecule has 0 spiro atoms. The number of ether oxygens (including phenoxy) is 2. The molecule has 6 nitrogen and oxygen atoms in total. The van der Waals surface area contributed by atoms with Gasteiger partial charge in [-0.1, -0.05) is 52.0 Å². The number of benzene rings is 2. The fraction of sp³-hybridized carbons (Fsp3) is 0.462. The van der Waals surface area contributed by atoms with Crippen molar-refractivity contribution in [3.05, 3.63) is 58.7 Å². The molecule has 0 aliphatic heterocycles. The van der Waals surface area contributed by atoms with Gasteiger partial charge >= 0.3 is 11.9 Å². The molecule has 0 aromatic heterocycles. The summed E-state index contributed by atoms with van der Waals surface area (Å²) in [6.45, 7) is 15.7. The van der Waals surface area contributed by atoms with E-state index in [1.807, 2.05) is 67.5 Å². The average molecular weight is 503 g/mol. The van der Waals surface area contributed by atoms with E-state index in [1.54, 1.807) is 24.3 Å². The van der Waals surface area contributed by atoms with Crippen LogP contribution in [0.3, 0.4) is 0 Å². The van der Waals surface area contributed by atoms with Gasteiger partial charge < -0.3 is 19.7 Å². The van der Waals surface area contributed by atoms with Gasteiger partial charge in [0.25, 0.3) is 0 Å². The van der Waals surface area contributed by atoms with Crippen molar-refractivity contribution < 1.29 is 45.8 Å². The van der Waals surface area contributed by atoms with Gasteiger partial charge in [-0.15, -0.1) is 0 Å². The van der Waals surface area contributed by atoms with Gasteiger partial charge in [0, 0.05) is 16.5 Å². The molecule has 0 radical (unpaired) electrons. The minimum Gasteiger partial charge on any atom is -0.490 e. The Labute approximate surface area is 207 Å². The van der Waals surface area contributed by atoms with E-state index >= 15 is 0 Å². The zero-order valence-corrected chi connectivity index (χ0v) is 21.6. The number of carbonyl (C=O) groups is 2. The Balaban J connectivity index is 0.000000602. The number of rotatable bonds is 8. The molecule has 2 aromatic rings. The molecule has 0 aliphatic rings. The fourth-order valence-corrected chi connectivity index (χ4v) is 3.09. The van der Waals surface area contributed by atoms with Crippen molar-refractivity contribution in [2.45, 2.75) is 79.4 Å². The number of aromatic carboxylic acids is 2. The Morgan fingerprint density at radius 1 is 0.636 bits per heavy atom. The maximum absolute atomic E-state index is 11.1. The number of hydrogen-bond acceptors (Lipinski definition) is 4. The smallest absolute Gasteiger partial charge is 0.339 e. The first-order valence-electron chi connectivity index (χ1n) is 10.9. The van der Waals surface area contributed by atoms with Gasteiger partial charge in [0.1, 0.15) is 22.6 Å². The van der Waals surface area contributed by atoms with Crippen LogP contribution in [-0.2, 0) is 16.5 Å². The molecule has 2 aromatic carbocycles. The Morgan fingerprint density at radius 2 is 0.939 bits per heavy atom. The molecule has 0 saturated carbocycles. The SMILES string of the molecule is CC(C)Oc1c(C(=O)O)cccc1C(C)C.CC(C)Oc1c(C(=O)O)cccc1C(C)C.[Ni]. The molecule has 0 fully saturated rings. The maximum Gasteiger partial charge on any atom is 0.339 e. The van der Waals surface area contributed by atoms with E-state index in [0.717, 1.165) is 11.1 Å². The van der Waals surface area contributed by atoms with Crippen LogP contribution in [0.25, 0.3) is 0 Å². The minimum absolute atomic E-state index is 0. The van der Waals surface area contributed by atoms with E-state index in [1.165, 1.54) is 0 Å². The molecule has 0 atom stereocenters. The van der Waals surface area contributed by atoms with Crippen LogP contribution in [0.5, 0.6) is 11.5 Å². The van der Waals surface area contributed by atoms with Crippen LogP contribution in [0.4, 0.5) is 0 Å². The van der Waals surface area contributed by atoms with E-state index in [-0.39, 0.29) is 51.7 Å². The molecule has 186 valence electrons. The molecule has 0 unspecified atom stereocenters. The molecule has 0 bridgehead atoms. The van der Waals surface area contributed by atoms with Crippen LogP contribution in [0, 0.1) is 0 Å². The molecule has 7 heteroatoms. The first-order chi connectivity index (χ1) is 14.9. The third kappa shape index (κ3) is 9.09. The summed E-state index contributed by atoms with van der Waals surface area (Å²) in [5.74, 6) is -0.405. The summed E-state index contributed by atoms with van der Waals surface area (Å²) in [5.41, 5.74) is 2.35. The van der Waals surface area contributed by atoms with Crippen LogP contribution < -0.4 is 9.47 Å². The number of para-hydroxylation sites is 2. The number of carboxylic acid groups (broad SMARTS) is 2. The van der Waals surface area contributed by atoms with Crippen molar-refractivity contribution in [1.82, 2.24) is 0 Å². The van der Waals surface area contributed by atoms with Crippen molar-refractivity contribution in [3.8, 4) is 11.5 Å². The van der Waals surface area contributed by atoms with Crippen LogP contribution in [0.2, 0.25) is 0 Å². The van der Waals surface area contributed by atoms with Crippen LogP contribution in [-0.4, -0.2) is 34.4 Å². The third-order valence-corrected chi connectivity index (χ3v) is 4.50. The predicted molar refractivity (Wildman–Crippen MR) is 127 cm³/mol. The second-order valence-corrected chi connectivity index (χ2v) is 8.70. The third-order valence-electron chi connectivity index (χ3n) is 4.50. The monoisotopic (exact) mass is 502 g/mol. The Bertz CT molecular complexity index is 843. The van der Waals surface area contributed by atoms with E-state index < -0.39 is 11.9 Å². The predicted octanol–water partition coefficient (Wildman–Crippen LogP) is 6.59. The quantitative estimate of drug-likeness (QED) is 0.395. The molecule has 0 saturated heterocycles. The van der Waals surface area contributed by atoms with Crippen LogP contribution >= 0.6 is 0 Å². The maximum atomic E-state index is 11.1. The van der Waals surface area contributed by atoms with E-state index in [9.17, 15) is 9.59 Å². The molecule has 2 N–H and O–H groups in total. The van der Waals surface area contributed by atoms with Gasteiger partial charge in [-0.25, -0.2) is 9.59 Å². The van der Waals surface area contributed by atoms with Gasteiger partial charge in [-0.05, 0) is 62.8 Å². The Kier molecular flexibility index (Phi) is 12.8. The van der Waals surface area contributed by atoms with Crippen molar-refractivity contribution >= 4 is 11.9 Å². The van der Waals surface area contributed by atoms with Gasteiger partial charge in [0.15, 0.2) is 0 Å². The largest absolute Gasteiger partial charge is 0.490 e. The summed E-state index contributed by atoms with van der Waals surface area (Å²) in [6, 6.07) is 10.5. The van der Waals surface area contributed by atoms with Crippen LogP contribution in [0.1, 0.15) is 99.1 Å². The summed E-state index contributed by atoms with van der Waals surface area (Å²) < 4.78 is 11.2.